The number of hydrogen-bond acceptors (Lipinski definition) is 8. The van der Waals surface area contributed by atoms with E-state index in [1.165, 1.54) is 0 Å². The summed E-state index contributed by atoms with van der Waals surface area (Å²) in [6, 6.07) is 14.9. The van der Waals surface area contributed by atoms with E-state index in [-0.39, 0.29) is 24.6 Å². The minimum atomic E-state index is -1.03. The van der Waals surface area contributed by atoms with Crippen molar-refractivity contribution >= 4 is 23.5 Å². The molecule has 0 saturated heterocycles. The van der Waals surface area contributed by atoms with Crippen LogP contribution >= 0.6 is 11.6 Å². The second-order valence-corrected chi connectivity index (χ2v) is 9.44. The molecule has 204 valence electrons. The Morgan fingerprint density at radius 3 is 2.56 bits per heavy atom. The van der Waals surface area contributed by atoms with Crippen molar-refractivity contribution in [3.63, 3.8) is 0 Å². The van der Waals surface area contributed by atoms with E-state index in [0.29, 0.717) is 18.1 Å². The number of carbonyl (C=O) groups is 2. The first-order chi connectivity index (χ1) is 18.9. The molecule has 0 aliphatic rings. The van der Waals surface area contributed by atoms with Crippen molar-refractivity contribution in [2.75, 3.05) is 0 Å². The van der Waals surface area contributed by atoms with Crippen LogP contribution in [0.5, 0.6) is 0 Å². The number of nitrogens with one attached hydrogen (secondary N) is 1. The highest BCUT2D eigenvalue weighted by Crippen LogP contribution is 2.30. The number of aromatic amines is 1. The second-order valence-electron chi connectivity index (χ2n) is 9.08. The Bertz CT molecular complexity index is 1400. The lowest BCUT2D eigenvalue weighted by Crippen LogP contribution is -2.33. The van der Waals surface area contributed by atoms with Crippen LogP contribution in [0.2, 0.25) is 5.15 Å². The van der Waals surface area contributed by atoms with Crippen molar-refractivity contribution in [3.8, 4) is 22.5 Å². The Hall–Kier alpha value is -4.09. The number of unbranched alkanes of at least 4 members (excludes halogenated alkanes) is 1. The molecule has 2 heterocycles. The van der Waals surface area contributed by atoms with Gasteiger partial charge in [0.05, 0.1) is 5.69 Å². The van der Waals surface area contributed by atoms with Crippen molar-refractivity contribution in [2.24, 2.45) is 5.73 Å². The highest BCUT2D eigenvalue weighted by atomic mass is 35.5. The van der Waals surface area contributed by atoms with Gasteiger partial charge in [-0.05, 0) is 34.7 Å². The van der Waals surface area contributed by atoms with Crippen molar-refractivity contribution in [1.82, 2.24) is 30.2 Å². The van der Waals surface area contributed by atoms with E-state index in [2.05, 4.69) is 32.5 Å². The molecular formula is C27H30ClN7O4. The molecule has 12 heteroatoms. The summed E-state index contributed by atoms with van der Waals surface area (Å²) < 4.78 is 7.37. The predicted molar refractivity (Wildman–Crippen MR) is 145 cm³/mol. The normalized spacial score (nSPS) is 11.9. The summed E-state index contributed by atoms with van der Waals surface area (Å²) in [6.45, 7) is 2.46. The lowest BCUT2D eigenvalue weighted by atomic mass is 9.98. The first-order valence-electron chi connectivity index (χ1n) is 12.7. The maximum Gasteiger partial charge on any atom is 0.323 e. The number of esters is 1. The number of hydrogen-bond donors (Lipinski definition) is 3. The summed E-state index contributed by atoms with van der Waals surface area (Å²) in [4.78, 5) is 27.7. The molecule has 0 bridgehead atoms. The van der Waals surface area contributed by atoms with Gasteiger partial charge in [-0.2, -0.15) is 5.21 Å². The highest BCUT2D eigenvalue weighted by Gasteiger charge is 2.21. The fourth-order valence-corrected chi connectivity index (χ4v) is 4.43. The molecule has 0 fully saturated rings. The summed E-state index contributed by atoms with van der Waals surface area (Å²) in [5.41, 5.74) is 10.2. The Morgan fingerprint density at radius 2 is 1.90 bits per heavy atom. The van der Waals surface area contributed by atoms with Gasteiger partial charge in [0.15, 0.2) is 5.15 Å². The molecule has 0 amide bonds. The van der Waals surface area contributed by atoms with Gasteiger partial charge in [0.2, 0.25) is 5.82 Å². The number of aliphatic carboxylic acids is 1. The predicted octanol–water partition coefficient (Wildman–Crippen LogP) is 4.01. The molecule has 0 unspecified atom stereocenters. The van der Waals surface area contributed by atoms with Gasteiger partial charge in [0.25, 0.3) is 0 Å². The number of halogens is 1. The number of tetrazole rings is 1. The number of aryl methyl sites for hydroxylation is 1. The summed E-state index contributed by atoms with van der Waals surface area (Å²) in [7, 11) is 0. The van der Waals surface area contributed by atoms with Gasteiger partial charge < -0.3 is 20.1 Å². The van der Waals surface area contributed by atoms with E-state index < -0.39 is 18.0 Å². The zero-order valence-electron chi connectivity index (χ0n) is 21.5. The second kappa shape index (κ2) is 13.1. The number of carbonyl (C=O) groups excluding carboxylic acids is 1. The quantitative estimate of drug-likeness (QED) is 0.208. The number of nitrogens with zero attached hydrogens (tertiary/aromatic N) is 5. The number of carboxylic acids is 1. The fourth-order valence-electron chi connectivity index (χ4n) is 4.18. The van der Waals surface area contributed by atoms with Crippen LogP contribution in [-0.4, -0.2) is 53.3 Å². The van der Waals surface area contributed by atoms with Gasteiger partial charge in [-0.3, -0.25) is 9.59 Å². The van der Waals surface area contributed by atoms with Gasteiger partial charge in [0, 0.05) is 24.9 Å². The smallest absolute Gasteiger partial charge is 0.323 e. The highest BCUT2D eigenvalue weighted by molar-refractivity contribution is 6.30. The van der Waals surface area contributed by atoms with Crippen LogP contribution in [0.15, 0.2) is 48.5 Å². The first kappa shape index (κ1) is 27.9. The molecule has 39 heavy (non-hydrogen) atoms. The standard InChI is InChI=1S/C27H30ClN7O4/c1-2-3-8-23-30-25(28)22(16-39-27(38)21(29)13-14-24(36)37)35(23)15-17-9-11-18(12-10-17)19-6-4-5-7-20(19)26-31-33-34-32-26/h4-7,9-12,21H,2-3,8,13-16,29H2,1H3,(H,36,37)(H,31,32,33,34)/t21-/m0/s1. The lowest BCUT2D eigenvalue weighted by Gasteiger charge is -2.15. The van der Waals surface area contributed by atoms with E-state index in [9.17, 15) is 9.59 Å². The third kappa shape index (κ3) is 7.06. The maximum absolute atomic E-state index is 12.3. The third-order valence-corrected chi connectivity index (χ3v) is 6.60. The largest absolute Gasteiger partial charge is 0.481 e. The van der Waals surface area contributed by atoms with Crippen molar-refractivity contribution in [2.45, 2.75) is 58.2 Å². The number of H-pyrrole nitrogens is 1. The van der Waals surface area contributed by atoms with E-state index >= 15 is 0 Å². The zero-order valence-corrected chi connectivity index (χ0v) is 22.3. The van der Waals surface area contributed by atoms with Gasteiger partial charge in [-0.1, -0.05) is 73.5 Å². The van der Waals surface area contributed by atoms with Gasteiger partial charge >= 0.3 is 11.9 Å². The molecular weight excluding hydrogens is 522 g/mol. The van der Waals surface area contributed by atoms with Gasteiger partial charge in [-0.15, -0.1) is 10.2 Å². The molecule has 4 rings (SSSR count). The van der Waals surface area contributed by atoms with Crippen molar-refractivity contribution in [1.29, 1.82) is 0 Å². The average molecular weight is 552 g/mol. The molecule has 4 N–H and O–H groups in total. The molecule has 2 aromatic carbocycles. The molecule has 4 aromatic rings. The minimum absolute atomic E-state index is 0.00882. The van der Waals surface area contributed by atoms with E-state index in [4.69, 9.17) is 27.2 Å². The monoisotopic (exact) mass is 551 g/mol. The number of rotatable bonds is 13. The summed E-state index contributed by atoms with van der Waals surface area (Å²) in [5.74, 6) is -0.385. The molecule has 0 aliphatic heterocycles. The number of nitrogens with two attached hydrogens (primary N) is 1. The summed E-state index contributed by atoms with van der Waals surface area (Å²) >= 11 is 6.48. The number of imidazole rings is 1. The Morgan fingerprint density at radius 1 is 1.15 bits per heavy atom. The summed E-state index contributed by atoms with van der Waals surface area (Å²) in [6.07, 6.45) is 2.41. The number of aromatic nitrogens is 6. The average Bonchev–Trinajstić information content (AvgIpc) is 3.58. The Balaban J connectivity index is 1.54. The number of benzene rings is 2. The molecule has 2 aromatic heterocycles. The molecule has 0 saturated carbocycles. The number of carboxylic acid groups (broad SMARTS) is 1. The maximum atomic E-state index is 12.3. The summed E-state index contributed by atoms with van der Waals surface area (Å²) in [5, 5.41) is 23.5. The third-order valence-electron chi connectivity index (χ3n) is 6.30. The van der Waals surface area contributed by atoms with Crippen LogP contribution in [0.3, 0.4) is 0 Å². The fraction of sp³-hybridized carbons (Fsp3) is 0.333. The van der Waals surface area contributed by atoms with Crippen LogP contribution in [-0.2, 0) is 33.9 Å². The molecule has 1 atom stereocenters. The van der Waals surface area contributed by atoms with E-state index in [0.717, 1.165) is 47.3 Å². The first-order valence-corrected chi connectivity index (χ1v) is 13.0. The van der Waals surface area contributed by atoms with E-state index in [1.54, 1.807) is 0 Å². The SMILES string of the molecule is CCCCc1nc(Cl)c(COC(=O)[C@@H](N)CCC(=O)O)n1Cc1ccc(-c2ccccc2-c2nn[nH]n2)cc1. The van der Waals surface area contributed by atoms with E-state index in [1.807, 2.05) is 53.1 Å². The zero-order chi connectivity index (χ0) is 27.8. The van der Waals surface area contributed by atoms with Crippen LogP contribution in [0, 0.1) is 0 Å². The molecule has 11 nitrogen and oxygen atoms in total. The van der Waals surface area contributed by atoms with Crippen LogP contribution in [0.25, 0.3) is 22.5 Å². The van der Waals surface area contributed by atoms with Gasteiger partial charge in [0.1, 0.15) is 18.5 Å². The minimum Gasteiger partial charge on any atom is -0.481 e. The Kier molecular flexibility index (Phi) is 9.40. The van der Waals surface area contributed by atoms with Crippen LogP contribution in [0.1, 0.15) is 49.7 Å². The molecule has 0 aliphatic carbocycles. The lowest BCUT2D eigenvalue weighted by molar-refractivity contribution is -0.147. The van der Waals surface area contributed by atoms with Crippen LogP contribution < -0.4 is 5.73 Å². The Labute approximate surface area is 230 Å². The van der Waals surface area contributed by atoms with Crippen LogP contribution in [0.4, 0.5) is 0 Å². The van der Waals surface area contributed by atoms with Crippen molar-refractivity contribution < 1.29 is 19.4 Å². The topological polar surface area (TPSA) is 162 Å². The number of ether oxygens (including phenoxy) is 1. The van der Waals surface area contributed by atoms with Gasteiger partial charge in [-0.25, -0.2) is 4.98 Å². The van der Waals surface area contributed by atoms with Crippen molar-refractivity contribution in [3.05, 3.63) is 70.8 Å². The molecule has 0 spiro atoms. The molecule has 0 radical (unpaired) electrons.